The summed E-state index contributed by atoms with van der Waals surface area (Å²) in [6.07, 6.45) is 0. The van der Waals surface area contributed by atoms with Gasteiger partial charge in [-0.15, -0.1) is 0 Å². The summed E-state index contributed by atoms with van der Waals surface area (Å²) in [5.74, 6) is 1.52. The third-order valence-electron chi connectivity index (χ3n) is 1.98. The van der Waals surface area contributed by atoms with Gasteiger partial charge in [0.05, 0.1) is 0 Å². The predicted octanol–water partition coefficient (Wildman–Crippen LogP) is -0.199. The molecule has 0 amide bonds. The lowest BCUT2D eigenvalue weighted by molar-refractivity contribution is 0.463. The Morgan fingerprint density at radius 2 is 2.38 bits per heavy atom. The van der Waals surface area contributed by atoms with Gasteiger partial charge in [0, 0.05) is 0 Å². The molecule has 0 aromatic heterocycles. The summed E-state index contributed by atoms with van der Waals surface area (Å²) in [6.45, 7) is 5.37. The maximum absolute atomic E-state index is 5.48. The van der Waals surface area contributed by atoms with Crippen molar-refractivity contribution in [3.63, 3.8) is 0 Å². The highest BCUT2D eigenvalue weighted by Gasteiger charge is 2.20. The van der Waals surface area contributed by atoms with E-state index < -0.39 is 0 Å². The van der Waals surface area contributed by atoms with Crippen LogP contribution in [0.15, 0.2) is 0 Å². The molecule has 0 unspecified atom stereocenters. The Kier molecular flexibility index (Phi) is 1.86. The zero-order chi connectivity index (χ0) is 5.98. The first-order chi connectivity index (χ1) is 3.84. The molecule has 1 heterocycles. The monoisotopic (exact) mass is 114 g/mol. The van der Waals surface area contributed by atoms with E-state index in [0.717, 1.165) is 31.5 Å². The molecular formula is C6H14N2. The number of nitrogens with one attached hydrogen (secondary N) is 1. The second-order valence-electron chi connectivity index (χ2n) is 2.63. The highest BCUT2D eigenvalue weighted by Crippen LogP contribution is 2.12. The van der Waals surface area contributed by atoms with Crippen molar-refractivity contribution >= 4 is 0 Å². The van der Waals surface area contributed by atoms with Crippen LogP contribution in [0.1, 0.15) is 6.92 Å². The molecule has 48 valence electrons. The third kappa shape index (κ3) is 1.01. The van der Waals surface area contributed by atoms with Crippen LogP contribution in [0, 0.1) is 11.8 Å². The summed E-state index contributed by atoms with van der Waals surface area (Å²) in [4.78, 5) is 0. The molecule has 0 aliphatic carbocycles. The van der Waals surface area contributed by atoms with Crippen LogP contribution < -0.4 is 11.1 Å². The van der Waals surface area contributed by atoms with Crippen LogP contribution in [0.4, 0.5) is 0 Å². The van der Waals surface area contributed by atoms with Crippen molar-refractivity contribution in [3.05, 3.63) is 0 Å². The van der Waals surface area contributed by atoms with Gasteiger partial charge in [0.2, 0.25) is 0 Å². The fraction of sp³-hybridized carbons (Fsp3) is 1.00. The van der Waals surface area contributed by atoms with Gasteiger partial charge in [-0.1, -0.05) is 6.92 Å². The lowest BCUT2D eigenvalue weighted by atomic mass is 9.99. The molecule has 1 aliphatic rings. The molecule has 0 saturated carbocycles. The van der Waals surface area contributed by atoms with E-state index in [2.05, 4.69) is 12.2 Å². The third-order valence-corrected chi connectivity index (χ3v) is 1.98. The van der Waals surface area contributed by atoms with Crippen molar-refractivity contribution in [1.29, 1.82) is 0 Å². The number of rotatable bonds is 1. The van der Waals surface area contributed by atoms with Gasteiger partial charge in [-0.05, 0) is 31.5 Å². The molecule has 1 saturated heterocycles. The van der Waals surface area contributed by atoms with Crippen molar-refractivity contribution in [2.24, 2.45) is 17.6 Å². The average molecular weight is 114 g/mol. The van der Waals surface area contributed by atoms with Crippen LogP contribution in [0.5, 0.6) is 0 Å². The van der Waals surface area contributed by atoms with E-state index in [4.69, 9.17) is 5.73 Å². The van der Waals surface area contributed by atoms with Crippen molar-refractivity contribution in [2.75, 3.05) is 19.6 Å². The van der Waals surface area contributed by atoms with E-state index in [0.29, 0.717) is 0 Å². The van der Waals surface area contributed by atoms with Crippen molar-refractivity contribution in [1.82, 2.24) is 5.32 Å². The van der Waals surface area contributed by atoms with Crippen molar-refractivity contribution in [3.8, 4) is 0 Å². The first-order valence-electron chi connectivity index (χ1n) is 3.25. The summed E-state index contributed by atoms with van der Waals surface area (Å²) in [5.41, 5.74) is 5.48. The molecule has 8 heavy (non-hydrogen) atoms. The van der Waals surface area contributed by atoms with E-state index in [9.17, 15) is 0 Å². The zero-order valence-electron chi connectivity index (χ0n) is 5.35. The lowest BCUT2D eigenvalue weighted by Gasteiger charge is -2.08. The van der Waals surface area contributed by atoms with Crippen molar-refractivity contribution in [2.45, 2.75) is 6.92 Å². The van der Waals surface area contributed by atoms with Gasteiger partial charge in [-0.25, -0.2) is 0 Å². The number of hydrogen-bond acceptors (Lipinski definition) is 2. The van der Waals surface area contributed by atoms with Gasteiger partial charge >= 0.3 is 0 Å². The van der Waals surface area contributed by atoms with Crippen LogP contribution in [0.3, 0.4) is 0 Å². The largest absolute Gasteiger partial charge is 0.330 e. The Balaban J connectivity index is 2.30. The quantitative estimate of drug-likeness (QED) is 0.495. The van der Waals surface area contributed by atoms with Crippen LogP contribution in [0.2, 0.25) is 0 Å². The molecule has 0 radical (unpaired) electrons. The molecule has 3 N–H and O–H groups in total. The summed E-state index contributed by atoms with van der Waals surface area (Å²) < 4.78 is 0. The minimum atomic E-state index is 0.731. The molecule has 2 heteroatoms. The Labute approximate surface area is 50.4 Å². The minimum Gasteiger partial charge on any atom is -0.330 e. The molecule has 2 atom stereocenters. The maximum atomic E-state index is 5.48. The summed E-state index contributed by atoms with van der Waals surface area (Å²) >= 11 is 0. The second-order valence-corrected chi connectivity index (χ2v) is 2.63. The first kappa shape index (κ1) is 6.05. The van der Waals surface area contributed by atoms with E-state index in [1.54, 1.807) is 0 Å². The maximum Gasteiger partial charge on any atom is -0.000531 e. The number of hydrogen-bond donors (Lipinski definition) is 2. The Morgan fingerprint density at radius 3 is 2.62 bits per heavy atom. The summed E-state index contributed by atoms with van der Waals surface area (Å²) in [5, 5.41) is 3.29. The fourth-order valence-corrected chi connectivity index (χ4v) is 1.18. The smallest absolute Gasteiger partial charge is 0.000531 e. The fourth-order valence-electron chi connectivity index (χ4n) is 1.18. The van der Waals surface area contributed by atoms with Crippen LogP contribution in [-0.4, -0.2) is 19.6 Å². The van der Waals surface area contributed by atoms with Crippen LogP contribution in [0.25, 0.3) is 0 Å². The summed E-state index contributed by atoms with van der Waals surface area (Å²) in [6, 6.07) is 0. The standard InChI is InChI=1S/C6H14N2/c1-5-3-8-4-6(5)2-7/h5-6,8H,2-4,7H2,1H3/t5-,6-/m1/s1. The van der Waals surface area contributed by atoms with Gasteiger partial charge in [0.25, 0.3) is 0 Å². The SMILES string of the molecule is C[C@@H]1CNC[C@H]1CN. The Bertz CT molecular complexity index is 72.9. The molecule has 0 aromatic rings. The zero-order valence-corrected chi connectivity index (χ0v) is 5.35. The van der Waals surface area contributed by atoms with Crippen LogP contribution in [-0.2, 0) is 0 Å². The molecule has 1 aliphatic heterocycles. The van der Waals surface area contributed by atoms with E-state index in [1.807, 2.05) is 0 Å². The lowest BCUT2D eigenvalue weighted by Crippen LogP contribution is -2.20. The van der Waals surface area contributed by atoms with E-state index >= 15 is 0 Å². The molecular weight excluding hydrogens is 100 g/mol. The van der Waals surface area contributed by atoms with Crippen LogP contribution >= 0.6 is 0 Å². The Morgan fingerprint density at radius 1 is 1.62 bits per heavy atom. The summed E-state index contributed by atoms with van der Waals surface area (Å²) in [7, 11) is 0. The minimum absolute atomic E-state index is 0.731. The number of nitrogens with two attached hydrogens (primary N) is 1. The molecule has 0 aromatic carbocycles. The molecule has 0 spiro atoms. The van der Waals surface area contributed by atoms with Crippen molar-refractivity contribution < 1.29 is 0 Å². The van der Waals surface area contributed by atoms with Gasteiger partial charge in [0.1, 0.15) is 0 Å². The highest BCUT2D eigenvalue weighted by molar-refractivity contribution is 4.77. The molecule has 2 nitrogen and oxygen atoms in total. The van der Waals surface area contributed by atoms with Gasteiger partial charge in [-0.3, -0.25) is 0 Å². The predicted molar refractivity (Wildman–Crippen MR) is 34.6 cm³/mol. The molecule has 1 rings (SSSR count). The Hall–Kier alpha value is -0.0800. The normalized spacial score (nSPS) is 38.2. The van der Waals surface area contributed by atoms with E-state index in [1.165, 1.54) is 0 Å². The average Bonchev–Trinajstić information content (AvgIpc) is 2.14. The molecule has 0 bridgehead atoms. The molecule has 1 fully saturated rings. The highest BCUT2D eigenvalue weighted by atomic mass is 14.9. The van der Waals surface area contributed by atoms with E-state index in [-0.39, 0.29) is 0 Å². The second kappa shape index (κ2) is 2.46. The first-order valence-corrected chi connectivity index (χ1v) is 3.25. The topological polar surface area (TPSA) is 38.0 Å². The van der Waals surface area contributed by atoms with Gasteiger partial charge < -0.3 is 11.1 Å². The van der Waals surface area contributed by atoms with Gasteiger partial charge in [0.15, 0.2) is 0 Å². The van der Waals surface area contributed by atoms with Gasteiger partial charge in [-0.2, -0.15) is 0 Å².